The Labute approximate surface area is 174 Å². The van der Waals surface area contributed by atoms with Crippen LogP contribution in [0.15, 0.2) is 11.1 Å². The first kappa shape index (κ1) is 21.0. The van der Waals surface area contributed by atoms with E-state index >= 15 is 0 Å². The summed E-state index contributed by atoms with van der Waals surface area (Å²) in [5.41, 5.74) is 4.77. The van der Waals surface area contributed by atoms with E-state index < -0.39 is 0 Å². The van der Waals surface area contributed by atoms with Crippen LogP contribution < -0.4 is 0 Å². The molecule has 1 unspecified atom stereocenters. The molecule has 0 aromatic carbocycles. The van der Waals surface area contributed by atoms with Crippen molar-refractivity contribution in [2.75, 3.05) is 0 Å². The minimum Gasteiger partial charge on any atom is -0.393 e. The summed E-state index contributed by atoms with van der Waals surface area (Å²) in [6.45, 7) is 12.6. The predicted molar refractivity (Wildman–Crippen MR) is 119 cm³/mol. The maximum absolute atomic E-state index is 10.2. The van der Waals surface area contributed by atoms with E-state index in [4.69, 9.17) is 0 Å². The molecule has 1 N–H and O–H groups in total. The highest BCUT2D eigenvalue weighted by molar-refractivity contribution is 5.34. The van der Waals surface area contributed by atoms with Gasteiger partial charge >= 0.3 is 0 Å². The topological polar surface area (TPSA) is 20.2 Å². The Bertz CT molecular complexity index is 603. The fourth-order valence-electron chi connectivity index (χ4n) is 8.46. The monoisotopic (exact) mass is 386 g/mol. The SMILES string of the molecule is CC(C)CCC[C@@H](C)[C@H]1CC[C@H]2C3=C(CC[C@]12C)[C@@]1(C)CC[C@H](O)CC1CC3. The molecule has 0 amide bonds. The van der Waals surface area contributed by atoms with E-state index in [9.17, 15) is 5.11 Å². The number of aliphatic hydroxyl groups excluding tert-OH is 1. The average Bonchev–Trinajstić information content (AvgIpc) is 2.99. The van der Waals surface area contributed by atoms with Crippen LogP contribution in [0.2, 0.25) is 0 Å². The Morgan fingerprint density at radius 2 is 1.75 bits per heavy atom. The van der Waals surface area contributed by atoms with Gasteiger partial charge in [0, 0.05) is 0 Å². The summed E-state index contributed by atoms with van der Waals surface area (Å²) in [6.07, 6.45) is 16.0. The highest BCUT2D eigenvalue weighted by Crippen LogP contribution is 2.66. The number of rotatable bonds is 5. The number of aliphatic hydroxyl groups is 1. The van der Waals surface area contributed by atoms with Crippen molar-refractivity contribution in [1.29, 1.82) is 0 Å². The number of hydrogen-bond donors (Lipinski definition) is 1. The van der Waals surface area contributed by atoms with Crippen LogP contribution >= 0.6 is 0 Å². The van der Waals surface area contributed by atoms with Crippen LogP contribution in [0.5, 0.6) is 0 Å². The van der Waals surface area contributed by atoms with Gasteiger partial charge in [0.2, 0.25) is 0 Å². The van der Waals surface area contributed by atoms with Gasteiger partial charge in [0.05, 0.1) is 6.10 Å². The van der Waals surface area contributed by atoms with Gasteiger partial charge in [-0.15, -0.1) is 0 Å². The second-order valence-corrected chi connectivity index (χ2v) is 12.1. The highest BCUT2D eigenvalue weighted by Gasteiger charge is 2.55. The largest absolute Gasteiger partial charge is 0.393 e. The lowest BCUT2D eigenvalue weighted by molar-refractivity contribution is 0.0132. The van der Waals surface area contributed by atoms with Gasteiger partial charge in [-0.3, -0.25) is 0 Å². The van der Waals surface area contributed by atoms with Gasteiger partial charge in [0.1, 0.15) is 0 Å². The summed E-state index contributed by atoms with van der Waals surface area (Å²) in [5.74, 6) is 4.31. The van der Waals surface area contributed by atoms with Gasteiger partial charge in [-0.25, -0.2) is 0 Å². The number of hydrogen-bond acceptors (Lipinski definition) is 1. The first-order chi connectivity index (χ1) is 13.3. The van der Waals surface area contributed by atoms with Crippen molar-refractivity contribution in [2.24, 2.45) is 40.4 Å². The molecule has 0 radical (unpaired) electrons. The van der Waals surface area contributed by atoms with E-state index in [2.05, 4.69) is 34.6 Å². The highest BCUT2D eigenvalue weighted by atomic mass is 16.3. The molecule has 7 atom stereocenters. The zero-order chi connectivity index (χ0) is 20.1. The Hall–Kier alpha value is -0.300. The summed E-state index contributed by atoms with van der Waals surface area (Å²) < 4.78 is 0. The third kappa shape index (κ3) is 3.42. The third-order valence-corrected chi connectivity index (χ3v) is 10.2. The van der Waals surface area contributed by atoms with Gasteiger partial charge in [0.15, 0.2) is 0 Å². The van der Waals surface area contributed by atoms with E-state index in [1.165, 1.54) is 64.2 Å². The molecule has 0 aliphatic heterocycles. The maximum atomic E-state index is 10.2. The summed E-state index contributed by atoms with van der Waals surface area (Å²) in [5, 5.41) is 10.2. The fraction of sp³-hybridized carbons (Fsp3) is 0.926. The molecule has 4 aliphatic carbocycles. The first-order valence-electron chi connectivity index (χ1n) is 12.7. The van der Waals surface area contributed by atoms with Crippen LogP contribution in [0.4, 0.5) is 0 Å². The molecule has 0 saturated heterocycles. The lowest BCUT2D eigenvalue weighted by atomic mass is 9.50. The van der Waals surface area contributed by atoms with Crippen molar-refractivity contribution in [1.82, 2.24) is 0 Å². The lowest BCUT2D eigenvalue weighted by Crippen LogP contribution is -2.45. The quantitative estimate of drug-likeness (QED) is 0.484. The standard InChI is InChI=1S/C27H46O/c1-18(2)7-6-8-19(3)23-11-12-24-22-10-9-20-17-21(28)13-15-26(20,4)25(22)14-16-27(23,24)5/h18-21,23-24,28H,6-17H2,1-5H3/t19-,20?,21+,23-,24+,26+,27-/m1/s1. The zero-order valence-electron chi connectivity index (χ0n) is 19.4. The molecule has 0 aromatic heterocycles. The van der Waals surface area contributed by atoms with Crippen molar-refractivity contribution in [3.63, 3.8) is 0 Å². The Morgan fingerprint density at radius 3 is 2.50 bits per heavy atom. The minimum atomic E-state index is -0.0309. The van der Waals surface area contributed by atoms with Crippen molar-refractivity contribution in [3.8, 4) is 0 Å². The first-order valence-corrected chi connectivity index (χ1v) is 12.7. The second kappa shape index (κ2) is 7.75. The van der Waals surface area contributed by atoms with Gasteiger partial charge < -0.3 is 5.11 Å². The molecule has 4 rings (SSSR count). The van der Waals surface area contributed by atoms with Crippen LogP contribution in [0.1, 0.15) is 112 Å². The van der Waals surface area contributed by atoms with Crippen molar-refractivity contribution >= 4 is 0 Å². The molecular weight excluding hydrogens is 340 g/mol. The van der Waals surface area contributed by atoms with Crippen LogP contribution in [0.3, 0.4) is 0 Å². The van der Waals surface area contributed by atoms with Crippen molar-refractivity contribution in [3.05, 3.63) is 11.1 Å². The van der Waals surface area contributed by atoms with Crippen LogP contribution in [-0.2, 0) is 0 Å². The summed E-state index contributed by atoms with van der Waals surface area (Å²) in [7, 11) is 0. The van der Waals surface area contributed by atoms with Crippen molar-refractivity contribution < 1.29 is 5.11 Å². The molecule has 4 aliphatic rings. The zero-order valence-corrected chi connectivity index (χ0v) is 19.4. The molecule has 2 fully saturated rings. The maximum Gasteiger partial charge on any atom is 0.0543 e. The Kier molecular flexibility index (Phi) is 5.80. The van der Waals surface area contributed by atoms with Crippen LogP contribution in [-0.4, -0.2) is 11.2 Å². The molecule has 0 heterocycles. The Morgan fingerprint density at radius 1 is 0.964 bits per heavy atom. The molecule has 0 aromatic rings. The van der Waals surface area contributed by atoms with E-state index in [1.54, 1.807) is 0 Å². The second-order valence-electron chi connectivity index (χ2n) is 12.1. The molecule has 1 nitrogen and oxygen atoms in total. The summed E-state index contributed by atoms with van der Waals surface area (Å²) in [6, 6.07) is 0. The van der Waals surface area contributed by atoms with Gasteiger partial charge in [-0.1, -0.05) is 65.0 Å². The molecule has 0 bridgehead atoms. The van der Waals surface area contributed by atoms with Gasteiger partial charge in [-0.05, 0) is 98.2 Å². The minimum absolute atomic E-state index is 0.0309. The van der Waals surface area contributed by atoms with E-state index in [1.807, 2.05) is 11.1 Å². The smallest absolute Gasteiger partial charge is 0.0543 e. The normalized spacial score (nSPS) is 44.2. The van der Waals surface area contributed by atoms with Crippen LogP contribution in [0.25, 0.3) is 0 Å². The molecule has 1 heteroatoms. The molecule has 2 saturated carbocycles. The predicted octanol–water partition coefficient (Wildman–Crippen LogP) is 7.53. The molecule has 160 valence electrons. The molecule has 0 spiro atoms. The molecular formula is C27H46O. The van der Waals surface area contributed by atoms with E-state index in [0.29, 0.717) is 10.8 Å². The van der Waals surface area contributed by atoms with Gasteiger partial charge in [0.25, 0.3) is 0 Å². The van der Waals surface area contributed by atoms with Gasteiger partial charge in [-0.2, -0.15) is 0 Å². The van der Waals surface area contributed by atoms with E-state index in [0.717, 1.165) is 42.4 Å². The average molecular weight is 387 g/mol. The number of allylic oxidation sites excluding steroid dienone is 2. The third-order valence-electron chi connectivity index (χ3n) is 10.2. The van der Waals surface area contributed by atoms with Crippen LogP contribution in [0, 0.1) is 40.4 Å². The molecule has 28 heavy (non-hydrogen) atoms. The Balaban J connectivity index is 1.52. The summed E-state index contributed by atoms with van der Waals surface area (Å²) >= 11 is 0. The van der Waals surface area contributed by atoms with E-state index in [-0.39, 0.29) is 6.10 Å². The number of fused-ring (bicyclic) bond motifs is 4. The summed E-state index contributed by atoms with van der Waals surface area (Å²) in [4.78, 5) is 0. The van der Waals surface area contributed by atoms with Crippen molar-refractivity contribution in [2.45, 2.75) is 118 Å². The lowest BCUT2D eigenvalue weighted by Gasteiger charge is -2.55. The fourth-order valence-corrected chi connectivity index (χ4v) is 8.46.